The highest BCUT2D eigenvalue weighted by Gasteiger charge is 2.45. The lowest BCUT2D eigenvalue weighted by Crippen LogP contribution is -2.31. The molecule has 3 aromatic carbocycles. The minimum Gasteiger partial charge on any atom is -0.508 e. The maximum absolute atomic E-state index is 13.3. The minimum absolute atomic E-state index is 0.0449. The molecule has 1 fully saturated rings. The van der Waals surface area contributed by atoms with Crippen molar-refractivity contribution in [2.45, 2.75) is 12.5 Å². The summed E-state index contributed by atoms with van der Waals surface area (Å²) in [6.45, 7) is 0.264. The van der Waals surface area contributed by atoms with Gasteiger partial charge in [-0.2, -0.15) is 0 Å². The monoisotopic (exact) mass is 417 g/mol. The van der Waals surface area contributed by atoms with Gasteiger partial charge in [-0.1, -0.05) is 42.5 Å². The Morgan fingerprint density at radius 3 is 2.19 bits per heavy atom. The Morgan fingerprint density at radius 1 is 0.903 bits per heavy atom. The predicted octanol–water partition coefficient (Wildman–Crippen LogP) is 4.20. The molecule has 1 saturated heterocycles. The van der Waals surface area contributed by atoms with Crippen LogP contribution >= 0.6 is 0 Å². The van der Waals surface area contributed by atoms with E-state index in [4.69, 9.17) is 0 Å². The second-order valence-electron chi connectivity index (χ2n) is 7.33. The van der Waals surface area contributed by atoms with E-state index in [2.05, 4.69) is 0 Å². The number of amides is 1. The molecule has 0 spiro atoms. The number of carbonyl (C=O) groups is 2. The summed E-state index contributed by atoms with van der Waals surface area (Å²) in [5.74, 6) is -2.30. The van der Waals surface area contributed by atoms with Gasteiger partial charge in [-0.15, -0.1) is 0 Å². The van der Waals surface area contributed by atoms with Gasteiger partial charge in [0.25, 0.3) is 11.7 Å². The van der Waals surface area contributed by atoms with E-state index < -0.39 is 23.5 Å². The number of likely N-dealkylation sites (tertiary alicyclic amines) is 1. The summed E-state index contributed by atoms with van der Waals surface area (Å²) in [5.41, 5.74) is 1.77. The van der Waals surface area contributed by atoms with E-state index in [0.717, 1.165) is 5.56 Å². The fourth-order valence-electron chi connectivity index (χ4n) is 3.77. The summed E-state index contributed by atoms with van der Waals surface area (Å²) in [6, 6.07) is 20.0. The smallest absolute Gasteiger partial charge is 0.295 e. The van der Waals surface area contributed by atoms with Crippen LogP contribution in [-0.4, -0.2) is 33.3 Å². The third-order valence-electron chi connectivity index (χ3n) is 5.35. The first-order valence-electron chi connectivity index (χ1n) is 9.83. The van der Waals surface area contributed by atoms with Crippen molar-refractivity contribution in [3.63, 3.8) is 0 Å². The Hall–Kier alpha value is -3.93. The Labute approximate surface area is 178 Å². The molecule has 0 radical (unpaired) electrons. The number of phenolic OH excluding ortho intramolecular Hbond substituents is 1. The van der Waals surface area contributed by atoms with Gasteiger partial charge in [0.15, 0.2) is 0 Å². The van der Waals surface area contributed by atoms with Crippen molar-refractivity contribution < 1.29 is 24.2 Å². The van der Waals surface area contributed by atoms with Gasteiger partial charge in [0.05, 0.1) is 11.6 Å². The van der Waals surface area contributed by atoms with Gasteiger partial charge in [-0.3, -0.25) is 9.59 Å². The number of aliphatic hydroxyl groups is 1. The Bertz CT molecular complexity index is 1140. The highest BCUT2D eigenvalue weighted by Crippen LogP contribution is 2.39. The normalized spacial score (nSPS) is 17.8. The van der Waals surface area contributed by atoms with Crippen LogP contribution in [0.2, 0.25) is 0 Å². The molecule has 4 rings (SSSR count). The van der Waals surface area contributed by atoms with Crippen LogP contribution in [0, 0.1) is 5.82 Å². The molecular weight excluding hydrogens is 397 g/mol. The molecule has 0 saturated carbocycles. The standard InChI is InChI=1S/C25H20FNO4/c26-19-10-6-18(7-11-19)23(29)21-22(17-8-12-20(28)13-9-17)27(25(31)24(21)30)15-14-16-4-2-1-3-5-16/h1-13,22,28-29H,14-15H2. The first-order chi connectivity index (χ1) is 15.0. The van der Waals surface area contributed by atoms with E-state index in [1.165, 1.54) is 41.3 Å². The average molecular weight is 417 g/mol. The Kier molecular flexibility index (Phi) is 5.54. The largest absolute Gasteiger partial charge is 0.508 e. The van der Waals surface area contributed by atoms with Crippen LogP contribution in [0.25, 0.3) is 5.76 Å². The molecule has 0 aliphatic carbocycles. The Balaban J connectivity index is 1.78. The summed E-state index contributed by atoms with van der Waals surface area (Å²) in [4.78, 5) is 27.3. The van der Waals surface area contributed by atoms with Gasteiger partial charge in [0.2, 0.25) is 0 Å². The molecule has 0 bridgehead atoms. The van der Waals surface area contributed by atoms with Gasteiger partial charge in [0, 0.05) is 12.1 Å². The van der Waals surface area contributed by atoms with Gasteiger partial charge >= 0.3 is 0 Å². The number of ketones is 1. The fraction of sp³-hybridized carbons (Fsp3) is 0.120. The van der Waals surface area contributed by atoms with E-state index in [9.17, 15) is 24.2 Å². The number of carbonyl (C=O) groups excluding carboxylic acids is 2. The van der Waals surface area contributed by atoms with E-state index in [1.54, 1.807) is 12.1 Å². The number of hydrogen-bond donors (Lipinski definition) is 2. The molecule has 31 heavy (non-hydrogen) atoms. The minimum atomic E-state index is -0.825. The van der Waals surface area contributed by atoms with E-state index in [-0.39, 0.29) is 29.2 Å². The van der Waals surface area contributed by atoms with Crippen molar-refractivity contribution in [1.29, 1.82) is 0 Å². The molecule has 1 aliphatic rings. The van der Waals surface area contributed by atoms with Gasteiger partial charge in [-0.25, -0.2) is 4.39 Å². The molecule has 0 aromatic heterocycles. The summed E-state index contributed by atoms with van der Waals surface area (Å²) in [5, 5.41) is 20.6. The van der Waals surface area contributed by atoms with Crippen LogP contribution in [0.4, 0.5) is 4.39 Å². The number of benzene rings is 3. The number of halogens is 1. The fourth-order valence-corrected chi connectivity index (χ4v) is 3.77. The summed E-state index contributed by atoms with van der Waals surface area (Å²) >= 11 is 0. The quantitative estimate of drug-likeness (QED) is 0.371. The van der Waals surface area contributed by atoms with Crippen molar-refractivity contribution in [3.05, 3.63) is 107 Å². The average Bonchev–Trinajstić information content (AvgIpc) is 3.04. The van der Waals surface area contributed by atoms with Crippen LogP contribution in [0.5, 0.6) is 5.75 Å². The van der Waals surface area contributed by atoms with Crippen LogP contribution in [0.1, 0.15) is 22.7 Å². The van der Waals surface area contributed by atoms with E-state index in [0.29, 0.717) is 12.0 Å². The molecule has 3 aromatic rings. The first kappa shape index (κ1) is 20.3. The number of hydrogen-bond acceptors (Lipinski definition) is 4. The molecule has 1 unspecified atom stereocenters. The van der Waals surface area contributed by atoms with Crippen molar-refractivity contribution in [1.82, 2.24) is 4.90 Å². The van der Waals surface area contributed by atoms with Crippen molar-refractivity contribution in [2.24, 2.45) is 0 Å². The molecule has 156 valence electrons. The number of phenols is 1. The lowest BCUT2D eigenvalue weighted by Gasteiger charge is -2.25. The van der Waals surface area contributed by atoms with Gasteiger partial charge < -0.3 is 15.1 Å². The third kappa shape index (κ3) is 4.05. The highest BCUT2D eigenvalue weighted by molar-refractivity contribution is 6.46. The molecule has 5 nitrogen and oxygen atoms in total. The van der Waals surface area contributed by atoms with E-state index in [1.807, 2.05) is 30.3 Å². The summed E-state index contributed by atoms with van der Waals surface area (Å²) in [6.07, 6.45) is 0.527. The molecule has 1 amide bonds. The zero-order valence-corrected chi connectivity index (χ0v) is 16.5. The maximum Gasteiger partial charge on any atom is 0.295 e. The summed E-state index contributed by atoms with van der Waals surface area (Å²) < 4.78 is 13.3. The summed E-state index contributed by atoms with van der Waals surface area (Å²) in [7, 11) is 0. The van der Waals surface area contributed by atoms with Crippen LogP contribution in [0.15, 0.2) is 84.4 Å². The number of aliphatic hydroxyl groups excluding tert-OH is 1. The van der Waals surface area contributed by atoms with Crippen molar-refractivity contribution in [2.75, 3.05) is 6.54 Å². The number of nitrogens with zero attached hydrogens (tertiary/aromatic N) is 1. The number of Topliss-reactive ketones (excluding diaryl/α,β-unsaturated/α-hetero) is 1. The number of aromatic hydroxyl groups is 1. The molecule has 1 aliphatic heterocycles. The predicted molar refractivity (Wildman–Crippen MR) is 114 cm³/mol. The maximum atomic E-state index is 13.3. The van der Waals surface area contributed by atoms with Crippen molar-refractivity contribution in [3.8, 4) is 5.75 Å². The SMILES string of the molecule is O=C1C(=O)N(CCc2ccccc2)C(c2ccc(O)cc2)C1=C(O)c1ccc(F)cc1. The second kappa shape index (κ2) is 8.44. The zero-order valence-electron chi connectivity index (χ0n) is 16.5. The van der Waals surface area contributed by atoms with Crippen LogP contribution in [-0.2, 0) is 16.0 Å². The molecular formula is C25H20FNO4. The van der Waals surface area contributed by atoms with Gasteiger partial charge in [0.1, 0.15) is 17.3 Å². The van der Waals surface area contributed by atoms with Gasteiger partial charge in [-0.05, 0) is 53.9 Å². The van der Waals surface area contributed by atoms with E-state index >= 15 is 0 Å². The van der Waals surface area contributed by atoms with Crippen molar-refractivity contribution >= 4 is 17.4 Å². The van der Waals surface area contributed by atoms with Crippen LogP contribution in [0.3, 0.4) is 0 Å². The van der Waals surface area contributed by atoms with Crippen LogP contribution < -0.4 is 0 Å². The zero-order chi connectivity index (χ0) is 22.0. The third-order valence-corrected chi connectivity index (χ3v) is 5.35. The molecule has 6 heteroatoms. The molecule has 1 atom stereocenters. The molecule has 2 N–H and O–H groups in total. The number of rotatable bonds is 5. The molecule has 1 heterocycles. The Morgan fingerprint density at radius 2 is 1.55 bits per heavy atom. The topological polar surface area (TPSA) is 77.8 Å². The second-order valence-corrected chi connectivity index (χ2v) is 7.33. The first-order valence-corrected chi connectivity index (χ1v) is 9.83. The lowest BCUT2D eigenvalue weighted by molar-refractivity contribution is -0.139. The highest BCUT2D eigenvalue weighted by atomic mass is 19.1. The lowest BCUT2D eigenvalue weighted by atomic mass is 9.95.